The Kier molecular flexibility index (Phi) is 4.97. The van der Waals surface area contributed by atoms with Crippen molar-refractivity contribution >= 4 is 17.6 Å². The lowest BCUT2D eigenvalue weighted by Crippen LogP contribution is -2.30. The van der Waals surface area contributed by atoms with E-state index in [1.807, 2.05) is 24.3 Å². The largest absolute Gasteiger partial charge is 0.348 e. The standard InChI is InChI=1S/C21H19N5O2/c27-20(24-12-15-7-10-22-11-8-15)16-3-5-18(6-4-16)25-21(28)26-13-17-2-1-9-23-19(17)14-26/h1-11H,12-14H2,(H,24,27)(H,25,28). The van der Waals surface area contributed by atoms with E-state index in [0.717, 1.165) is 16.8 Å². The average molecular weight is 373 g/mol. The number of pyridine rings is 2. The van der Waals surface area contributed by atoms with Gasteiger partial charge in [0.05, 0.1) is 12.2 Å². The summed E-state index contributed by atoms with van der Waals surface area (Å²) in [4.78, 5) is 34.7. The molecule has 0 aliphatic carbocycles. The molecule has 0 bridgehead atoms. The van der Waals surface area contributed by atoms with Crippen LogP contribution in [0.1, 0.15) is 27.2 Å². The van der Waals surface area contributed by atoms with Gasteiger partial charge in [-0.2, -0.15) is 0 Å². The predicted octanol–water partition coefficient (Wildman–Crippen LogP) is 2.95. The Morgan fingerprint density at radius 3 is 2.50 bits per heavy atom. The minimum atomic E-state index is -0.187. The lowest BCUT2D eigenvalue weighted by molar-refractivity contribution is 0.0951. The van der Waals surface area contributed by atoms with E-state index in [2.05, 4.69) is 20.6 Å². The topological polar surface area (TPSA) is 87.2 Å². The van der Waals surface area contributed by atoms with Gasteiger partial charge in [-0.15, -0.1) is 0 Å². The van der Waals surface area contributed by atoms with Gasteiger partial charge in [-0.25, -0.2) is 4.79 Å². The number of amides is 3. The maximum Gasteiger partial charge on any atom is 0.322 e. The molecular formula is C21H19N5O2. The summed E-state index contributed by atoms with van der Waals surface area (Å²) in [6.45, 7) is 1.48. The third kappa shape index (κ3) is 3.98. The first-order valence-corrected chi connectivity index (χ1v) is 8.95. The number of nitrogens with zero attached hydrogens (tertiary/aromatic N) is 3. The number of hydrogen-bond donors (Lipinski definition) is 2. The molecule has 3 heterocycles. The maximum atomic E-state index is 12.5. The quantitative estimate of drug-likeness (QED) is 0.736. The van der Waals surface area contributed by atoms with Crippen LogP contribution in [0.15, 0.2) is 67.1 Å². The Labute approximate surface area is 162 Å². The molecule has 1 aliphatic heterocycles. The zero-order valence-corrected chi connectivity index (χ0v) is 15.1. The second-order valence-corrected chi connectivity index (χ2v) is 6.51. The fourth-order valence-electron chi connectivity index (χ4n) is 3.04. The van der Waals surface area contributed by atoms with Crippen molar-refractivity contribution in [3.05, 3.63) is 89.5 Å². The molecule has 0 saturated heterocycles. The number of carbonyl (C=O) groups is 2. The molecule has 2 aromatic heterocycles. The second kappa shape index (κ2) is 7.87. The van der Waals surface area contributed by atoms with Crippen molar-refractivity contribution in [1.29, 1.82) is 0 Å². The monoisotopic (exact) mass is 373 g/mol. The smallest absolute Gasteiger partial charge is 0.322 e. The number of fused-ring (bicyclic) bond motifs is 1. The van der Waals surface area contributed by atoms with Crippen LogP contribution in [0, 0.1) is 0 Å². The highest BCUT2D eigenvalue weighted by Crippen LogP contribution is 2.21. The van der Waals surface area contributed by atoms with Crippen LogP contribution >= 0.6 is 0 Å². The molecule has 0 saturated carbocycles. The Balaban J connectivity index is 1.32. The Hall–Kier alpha value is -3.74. The van der Waals surface area contributed by atoms with Crippen LogP contribution in [0.3, 0.4) is 0 Å². The van der Waals surface area contributed by atoms with E-state index in [9.17, 15) is 9.59 Å². The fraction of sp³-hybridized carbons (Fsp3) is 0.143. The van der Waals surface area contributed by atoms with E-state index in [1.54, 1.807) is 47.8 Å². The van der Waals surface area contributed by atoms with Crippen LogP contribution in [-0.4, -0.2) is 26.8 Å². The van der Waals surface area contributed by atoms with Crippen molar-refractivity contribution in [3.63, 3.8) is 0 Å². The van der Waals surface area contributed by atoms with E-state index >= 15 is 0 Å². The lowest BCUT2D eigenvalue weighted by Gasteiger charge is -2.16. The number of aromatic nitrogens is 2. The minimum absolute atomic E-state index is 0.171. The van der Waals surface area contributed by atoms with Gasteiger partial charge in [-0.1, -0.05) is 6.07 Å². The number of anilines is 1. The molecule has 3 amide bonds. The molecule has 28 heavy (non-hydrogen) atoms. The van der Waals surface area contributed by atoms with Gasteiger partial charge in [0.2, 0.25) is 0 Å². The number of benzene rings is 1. The Morgan fingerprint density at radius 2 is 1.75 bits per heavy atom. The van der Waals surface area contributed by atoms with Crippen molar-refractivity contribution < 1.29 is 9.59 Å². The first kappa shape index (κ1) is 17.7. The Morgan fingerprint density at radius 1 is 0.964 bits per heavy atom. The molecule has 0 fully saturated rings. The van der Waals surface area contributed by atoms with Crippen LogP contribution in [0.4, 0.5) is 10.5 Å². The van der Waals surface area contributed by atoms with Gasteiger partial charge in [0, 0.05) is 42.9 Å². The fourth-order valence-corrected chi connectivity index (χ4v) is 3.04. The van der Waals surface area contributed by atoms with Crippen molar-refractivity contribution in [3.8, 4) is 0 Å². The highest BCUT2D eigenvalue weighted by Gasteiger charge is 2.23. The normalized spacial score (nSPS) is 12.4. The predicted molar refractivity (Wildman–Crippen MR) is 104 cm³/mol. The summed E-state index contributed by atoms with van der Waals surface area (Å²) in [5.74, 6) is -0.171. The van der Waals surface area contributed by atoms with Crippen LogP contribution < -0.4 is 10.6 Å². The molecule has 7 heteroatoms. The van der Waals surface area contributed by atoms with Crippen LogP contribution in [0.2, 0.25) is 0 Å². The third-order valence-corrected chi connectivity index (χ3v) is 4.57. The van der Waals surface area contributed by atoms with Crippen LogP contribution in [0.5, 0.6) is 0 Å². The first-order valence-electron chi connectivity index (χ1n) is 8.95. The SMILES string of the molecule is O=C(NCc1ccncc1)c1ccc(NC(=O)N2Cc3cccnc3C2)cc1. The molecular weight excluding hydrogens is 354 g/mol. The molecule has 2 N–H and O–H groups in total. The molecule has 1 aliphatic rings. The summed E-state index contributed by atoms with van der Waals surface area (Å²) in [6, 6.07) is 14.2. The van der Waals surface area contributed by atoms with Gasteiger partial charge in [0.15, 0.2) is 0 Å². The van der Waals surface area contributed by atoms with Crippen LogP contribution in [-0.2, 0) is 19.6 Å². The summed E-state index contributed by atoms with van der Waals surface area (Å²) >= 11 is 0. The van der Waals surface area contributed by atoms with Gasteiger partial charge < -0.3 is 15.5 Å². The summed E-state index contributed by atoms with van der Waals surface area (Å²) in [5, 5.41) is 5.72. The summed E-state index contributed by atoms with van der Waals surface area (Å²) in [5.41, 5.74) is 4.15. The Bertz CT molecular complexity index is 964. The third-order valence-electron chi connectivity index (χ3n) is 4.57. The minimum Gasteiger partial charge on any atom is -0.348 e. The van der Waals surface area contributed by atoms with Crippen molar-refractivity contribution in [2.75, 3.05) is 5.32 Å². The molecule has 7 nitrogen and oxygen atoms in total. The molecule has 1 aromatic carbocycles. The van der Waals surface area contributed by atoms with Gasteiger partial charge >= 0.3 is 6.03 Å². The van der Waals surface area contributed by atoms with E-state index in [4.69, 9.17) is 0 Å². The number of hydrogen-bond acceptors (Lipinski definition) is 4. The zero-order valence-electron chi connectivity index (χ0n) is 15.1. The van der Waals surface area contributed by atoms with Crippen molar-refractivity contribution in [2.24, 2.45) is 0 Å². The van der Waals surface area contributed by atoms with E-state index < -0.39 is 0 Å². The van der Waals surface area contributed by atoms with E-state index in [1.165, 1.54) is 0 Å². The van der Waals surface area contributed by atoms with Crippen LogP contribution in [0.25, 0.3) is 0 Å². The second-order valence-electron chi connectivity index (χ2n) is 6.51. The maximum absolute atomic E-state index is 12.5. The molecule has 0 radical (unpaired) electrons. The number of nitrogens with one attached hydrogen (secondary N) is 2. The molecule has 0 spiro atoms. The van der Waals surface area contributed by atoms with E-state index in [-0.39, 0.29) is 11.9 Å². The number of carbonyl (C=O) groups excluding carboxylic acids is 2. The molecule has 140 valence electrons. The summed E-state index contributed by atoms with van der Waals surface area (Å²) < 4.78 is 0. The lowest BCUT2D eigenvalue weighted by atomic mass is 10.2. The van der Waals surface area contributed by atoms with Gasteiger partial charge in [0.1, 0.15) is 0 Å². The molecule has 3 aromatic rings. The zero-order chi connectivity index (χ0) is 19.3. The summed E-state index contributed by atoms with van der Waals surface area (Å²) in [6.07, 6.45) is 5.11. The number of rotatable bonds is 4. The number of urea groups is 1. The molecule has 0 unspecified atom stereocenters. The highest BCUT2D eigenvalue weighted by atomic mass is 16.2. The van der Waals surface area contributed by atoms with E-state index in [0.29, 0.717) is 30.9 Å². The molecule has 4 rings (SSSR count). The van der Waals surface area contributed by atoms with Crippen molar-refractivity contribution in [1.82, 2.24) is 20.2 Å². The average Bonchev–Trinajstić information content (AvgIpc) is 3.18. The summed E-state index contributed by atoms with van der Waals surface area (Å²) in [7, 11) is 0. The van der Waals surface area contributed by atoms with Gasteiger partial charge in [-0.05, 0) is 53.6 Å². The highest BCUT2D eigenvalue weighted by molar-refractivity contribution is 5.95. The molecule has 0 atom stereocenters. The van der Waals surface area contributed by atoms with Crippen molar-refractivity contribution in [2.45, 2.75) is 19.6 Å². The van der Waals surface area contributed by atoms with Gasteiger partial charge in [0.25, 0.3) is 5.91 Å². The first-order chi connectivity index (χ1) is 13.7. The van der Waals surface area contributed by atoms with Gasteiger partial charge in [-0.3, -0.25) is 14.8 Å².